The maximum atomic E-state index is 12.2. The molecule has 0 saturated carbocycles. The van der Waals surface area contributed by atoms with Crippen molar-refractivity contribution in [2.75, 3.05) is 32.7 Å². The second-order valence-electron chi connectivity index (χ2n) is 6.65. The average molecular weight is 299 g/mol. The first kappa shape index (κ1) is 17.8. The number of carboxylic acid groups (broad SMARTS) is 1. The SMILES string of the molecule is CC(C)C[C@H](NC(=O)N1CCN(CC(C)C)CC1)C(=O)O. The molecule has 1 saturated heterocycles. The number of hydrogen-bond donors (Lipinski definition) is 2. The molecule has 0 aromatic rings. The van der Waals surface area contributed by atoms with Gasteiger partial charge in [0.2, 0.25) is 0 Å². The van der Waals surface area contributed by atoms with Gasteiger partial charge in [-0.2, -0.15) is 0 Å². The van der Waals surface area contributed by atoms with Gasteiger partial charge in [-0.15, -0.1) is 0 Å². The average Bonchev–Trinajstić information content (AvgIpc) is 2.37. The predicted molar refractivity (Wildman–Crippen MR) is 82.3 cm³/mol. The summed E-state index contributed by atoms with van der Waals surface area (Å²) in [7, 11) is 0. The molecule has 0 aromatic carbocycles. The van der Waals surface area contributed by atoms with E-state index in [1.54, 1.807) is 4.90 Å². The lowest BCUT2D eigenvalue weighted by Gasteiger charge is -2.36. The normalized spacial score (nSPS) is 18.1. The summed E-state index contributed by atoms with van der Waals surface area (Å²) in [6.07, 6.45) is 0.453. The number of urea groups is 1. The van der Waals surface area contributed by atoms with Crippen LogP contribution in [0.4, 0.5) is 4.79 Å². The lowest BCUT2D eigenvalue weighted by Crippen LogP contribution is -2.55. The van der Waals surface area contributed by atoms with E-state index in [2.05, 4.69) is 24.1 Å². The van der Waals surface area contributed by atoms with E-state index < -0.39 is 12.0 Å². The predicted octanol–water partition coefficient (Wildman–Crippen LogP) is 1.47. The molecule has 21 heavy (non-hydrogen) atoms. The Morgan fingerprint density at radius 3 is 2.05 bits per heavy atom. The molecule has 1 rings (SSSR count). The highest BCUT2D eigenvalue weighted by atomic mass is 16.4. The maximum Gasteiger partial charge on any atom is 0.326 e. The molecule has 0 radical (unpaired) electrons. The zero-order chi connectivity index (χ0) is 16.0. The van der Waals surface area contributed by atoms with Gasteiger partial charge in [-0.1, -0.05) is 27.7 Å². The fourth-order valence-electron chi connectivity index (χ4n) is 2.58. The molecule has 0 bridgehead atoms. The van der Waals surface area contributed by atoms with Crippen molar-refractivity contribution >= 4 is 12.0 Å². The Hall–Kier alpha value is -1.30. The minimum atomic E-state index is -0.963. The van der Waals surface area contributed by atoms with Crippen LogP contribution in [0, 0.1) is 11.8 Å². The van der Waals surface area contributed by atoms with E-state index in [1.165, 1.54) is 0 Å². The van der Waals surface area contributed by atoms with Gasteiger partial charge >= 0.3 is 12.0 Å². The Labute approximate surface area is 127 Å². The molecule has 1 aliphatic heterocycles. The minimum absolute atomic E-state index is 0.231. The fourth-order valence-corrected chi connectivity index (χ4v) is 2.58. The van der Waals surface area contributed by atoms with Gasteiger partial charge in [0, 0.05) is 32.7 Å². The number of hydrogen-bond acceptors (Lipinski definition) is 3. The molecule has 1 atom stereocenters. The quantitative estimate of drug-likeness (QED) is 0.779. The van der Waals surface area contributed by atoms with Crippen molar-refractivity contribution in [3.63, 3.8) is 0 Å². The molecule has 1 aliphatic rings. The molecule has 1 heterocycles. The van der Waals surface area contributed by atoms with Crippen LogP contribution in [0.1, 0.15) is 34.1 Å². The Morgan fingerprint density at radius 1 is 1.05 bits per heavy atom. The van der Waals surface area contributed by atoms with Crippen LogP contribution in [-0.4, -0.2) is 65.7 Å². The first-order chi connectivity index (χ1) is 9.79. The van der Waals surface area contributed by atoms with Crippen LogP contribution in [0.25, 0.3) is 0 Å². The highest BCUT2D eigenvalue weighted by Crippen LogP contribution is 2.08. The first-order valence-corrected chi connectivity index (χ1v) is 7.80. The van der Waals surface area contributed by atoms with Crippen molar-refractivity contribution in [2.24, 2.45) is 11.8 Å². The molecule has 2 amide bonds. The van der Waals surface area contributed by atoms with Crippen LogP contribution in [0.3, 0.4) is 0 Å². The Balaban J connectivity index is 2.44. The van der Waals surface area contributed by atoms with Crippen LogP contribution >= 0.6 is 0 Å². The van der Waals surface area contributed by atoms with Crippen LogP contribution in [-0.2, 0) is 4.79 Å². The molecule has 6 heteroatoms. The summed E-state index contributed by atoms with van der Waals surface area (Å²) < 4.78 is 0. The number of piperazine rings is 1. The largest absolute Gasteiger partial charge is 0.480 e. The van der Waals surface area contributed by atoms with E-state index in [4.69, 9.17) is 5.11 Å². The third-order valence-corrected chi connectivity index (χ3v) is 3.59. The van der Waals surface area contributed by atoms with Crippen molar-refractivity contribution in [2.45, 2.75) is 40.2 Å². The number of rotatable bonds is 6. The Kier molecular flexibility index (Phi) is 6.95. The number of nitrogens with zero attached hydrogens (tertiary/aromatic N) is 2. The summed E-state index contributed by atoms with van der Waals surface area (Å²) in [6.45, 7) is 12.3. The van der Waals surface area contributed by atoms with Crippen molar-refractivity contribution < 1.29 is 14.7 Å². The molecular weight excluding hydrogens is 270 g/mol. The summed E-state index contributed by atoms with van der Waals surface area (Å²) in [5.74, 6) is -0.113. The van der Waals surface area contributed by atoms with E-state index >= 15 is 0 Å². The van der Waals surface area contributed by atoms with Crippen LogP contribution in [0.5, 0.6) is 0 Å². The van der Waals surface area contributed by atoms with Crippen LogP contribution in [0.15, 0.2) is 0 Å². The summed E-state index contributed by atoms with van der Waals surface area (Å²) in [5.41, 5.74) is 0. The lowest BCUT2D eigenvalue weighted by molar-refractivity contribution is -0.139. The topological polar surface area (TPSA) is 72.9 Å². The van der Waals surface area contributed by atoms with E-state index in [0.717, 1.165) is 19.6 Å². The Morgan fingerprint density at radius 2 is 1.62 bits per heavy atom. The van der Waals surface area contributed by atoms with Gasteiger partial charge in [-0.3, -0.25) is 4.90 Å². The maximum absolute atomic E-state index is 12.2. The third-order valence-electron chi connectivity index (χ3n) is 3.59. The summed E-state index contributed by atoms with van der Waals surface area (Å²) in [4.78, 5) is 27.4. The highest BCUT2D eigenvalue weighted by Gasteiger charge is 2.26. The smallest absolute Gasteiger partial charge is 0.326 e. The fraction of sp³-hybridized carbons (Fsp3) is 0.867. The highest BCUT2D eigenvalue weighted by molar-refractivity contribution is 5.82. The molecule has 6 nitrogen and oxygen atoms in total. The molecule has 2 N–H and O–H groups in total. The standard InChI is InChI=1S/C15H29N3O3/c1-11(2)9-13(14(19)20)16-15(21)18-7-5-17(6-8-18)10-12(3)4/h11-13H,5-10H2,1-4H3,(H,16,21)(H,19,20)/t13-/m0/s1. The van der Waals surface area contributed by atoms with E-state index in [1.807, 2.05) is 13.8 Å². The van der Waals surface area contributed by atoms with Gasteiger partial charge in [0.05, 0.1) is 0 Å². The number of carboxylic acids is 1. The van der Waals surface area contributed by atoms with Crippen molar-refractivity contribution in [3.8, 4) is 0 Å². The molecular formula is C15H29N3O3. The molecule has 122 valence electrons. The molecule has 0 unspecified atom stereocenters. The van der Waals surface area contributed by atoms with E-state index in [9.17, 15) is 9.59 Å². The van der Waals surface area contributed by atoms with Gasteiger partial charge in [-0.05, 0) is 18.3 Å². The second-order valence-corrected chi connectivity index (χ2v) is 6.65. The minimum Gasteiger partial charge on any atom is -0.480 e. The van der Waals surface area contributed by atoms with Gasteiger partial charge in [-0.25, -0.2) is 9.59 Å². The van der Waals surface area contributed by atoms with E-state index in [0.29, 0.717) is 25.4 Å². The van der Waals surface area contributed by atoms with Crippen molar-refractivity contribution in [1.29, 1.82) is 0 Å². The van der Waals surface area contributed by atoms with Crippen molar-refractivity contribution in [3.05, 3.63) is 0 Å². The number of carbonyl (C=O) groups is 2. The lowest BCUT2D eigenvalue weighted by atomic mass is 10.0. The van der Waals surface area contributed by atoms with Gasteiger partial charge in [0.15, 0.2) is 0 Å². The van der Waals surface area contributed by atoms with Gasteiger partial charge in [0.25, 0.3) is 0 Å². The summed E-state index contributed by atoms with van der Waals surface area (Å²) in [5, 5.41) is 11.8. The first-order valence-electron chi connectivity index (χ1n) is 7.80. The number of amides is 2. The summed E-state index contributed by atoms with van der Waals surface area (Å²) >= 11 is 0. The summed E-state index contributed by atoms with van der Waals surface area (Å²) in [6, 6.07) is -1.06. The molecule has 0 spiro atoms. The van der Waals surface area contributed by atoms with Gasteiger partial charge in [0.1, 0.15) is 6.04 Å². The molecule has 0 aliphatic carbocycles. The van der Waals surface area contributed by atoms with Crippen molar-refractivity contribution in [1.82, 2.24) is 15.1 Å². The Bertz CT molecular complexity index is 350. The second kappa shape index (κ2) is 8.22. The number of aliphatic carboxylic acids is 1. The number of carbonyl (C=O) groups excluding carboxylic acids is 1. The third kappa shape index (κ3) is 6.33. The van der Waals surface area contributed by atoms with Gasteiger partial charge < -0.3 is 15.3 Å². The molecule has 0 aromatic heterocycles. The zero-order valence-electron chi connectivity index (χ0n) is 13.6. The van der Waals surface area contributed by atoms with Crippen LogP contribution < -0.4 is 5.32 Å². The molecule has 1 fully saturated rings. The zero-order valence-corrected chi connectivity index (χ0v) is 13.6. The number of nitrogens with one attached hydrogen (secondary N) is 1. The van der Waals surface area contributed by atoms with Crippen LogP contribution in [0.2, 0.25) is 0 Å². The van der Waals surface area contributed by atoms with E-state index in [-0.39, 0.29) is 11.9 Å². The monoisotopic (exact) mass is 299 g/mol.